The molecule has 0 unspecified atom stereocenters. The minimum Gasteiger partial charge on any atom is -0.457 e. The van der Waals surface area contributed by atoms with Gasteiger partial charge in [0.25, 0.3) is 5.91 Å². The second-order valence-corrected chi connectivity index (χ2v) is 6.27. The van der Waals surface area contributed by atoms with Crippen molar-refractivity contribution in [2.24, 2.45) is 0 Å². The number of carbonyl (C=O) groups is 1. The highest BCUT2D eigenvalue weighted by molar-refractivity contribution is 6.35. The van der Waals surface area contributed by atoms with E-state index in [0.717, 1.165) is 22.6 Å². The van der Waals surface area contributed by atoms with E-state index in [0.29, 0.717) is 22.9 Å². The van der Waals surface area contributed by atoms with Gasteiger partial charge < -0.3 is 9.32 Å². The van der Waals surface area contributed by atoms with E-state index in [4.69, 9.17) is 16.0 Å². The van der Waals surface area contributed by atoms with Crippen molar-refractivity contribution in [3.63, 3.8) is 0 Å². The van der Waals surface area contributed by atoms with Crippen LogP contribution in [-0.4, -0.2) is 12.5 Å². The summed E-state index contributed by atoms with van der Waals surface area (Å²) in [6.07, 6.45) is 1.82. The van der Waals surface area contributed by atoms with Crippen molar-refractivity contribution in [2.45, 2.75) is 6.92 Å². The predicted octanol–water partition coefficient (Wildman–Crippen LogP) is 5.51. The summed E-state index contributed by atoms with van der Waals surface area (Å²) in [5, 5.41) is 0.686. The second-order valence-electron chi connectivity index (χ2n) is 5.83. The molecule has 25 heavy (non-hydrogen) atoms. The lowest BCUT2D eigenvalue weighted by Gasteiger charge is -2.13. The van der Waals surface area contributed by atoms with E-state index in [9.17, 15) is 4.79 Å². The van der Waals surface area contributed by atoms with Gasteiger partial charge in [0.05, 0.1) is 11.3 Å². The molecule has 4 heteroatoms. The number of nitrogens with zero attached hydrogens (tertiary/aromatic N) is 1. The molecule has 1 amide bonds. The normalized spacial score (nSPS) is 15.0. The van der Waals surface area contributed by atoms with E-state index in [1.54, 1.807) is 4.90 Å². The lowest BCUT2D eigenvalue weighted by atomic mass is 10.1. The van der Waals surface area contributed by atoms with E-state index < -0.39 is 0 Å². The smallest absolute Gasteiger partial charge is 0.259 e. The van der Waals surface area contributed by atoms with Crippen molar-refractivity contribution in [1.29, 1.82) is 0 Å². The zero-order chi connectivity index (χ0) is 17.4. The van der Waals surface area contributed by atoms with Crippen molar-refractivity contribution < 1.29 is 9.21 Å². The van der Waals surface area contributed by atoms with Crippen molar-refractivity contribution >= 4 is 34.8 Å². The third-order valence-corrected chi connectivity index (χ3v) is 4.57. The van der Waals surface area contributed by atoms with E-state index in [2.05, 4.69) is 0 Å². The summed E-state index contributed by atoms with van der Waals surface area (Å²) in [6.45, 7) is 2.62. The van der Waals surface area contributed by atoms with Gasteiger partial charge in [-0.05, 0) is 55.5 Å². The molecule has 3 nitrogen and oxygen atoms in total. The second kappa shape index (κ2) is 6.26. The molecule has 0 aliphatic carbocycles. The van der Waals surface area contributed by atoms with E-state index in [1.807, 2.05) is 73.7 Å². The summed E-state index contributed by atoms with van der Waals surface area (Å²) in [5.74, 6) is 1.41. The Morgan fingerprint density at radius 2 is 1.80 bits per heavy atom. The molecule has 1 aliphatic rings. The Morgan fingerprint density at radius 1 is 1.04 bits per heavy atom. The molecular weight excluding hydrogens is 334 g/mol. The minimum atomic E-state index is 0.00754. The molecule has 0 atom stereocenters. The molecule has 0 spiro atoms. The highest BCUT2D eigenvalue weighted by Gasteiger charge is 2.31. The van der Waals surface area contributed by atoms with E-state index in [-0.39, 0.29) is 5.91 Å². The Bertz CT molecular complexity index is 970. The molecule has 1 aliphatic heterocycles. The van der Waals surface area contributed by atoms with E-state index >= 15 is 0 Å². The highest BCUT2D eigenvalue weighted by Crippen LogP contribution is 2.37. The number of hydrogen-bond acceptors (Lipinski definition) is 2. The van der Waals surface area contributed by atoms with Gasteiger partial charge in [-0.15, -0.1) is 0 Å². The number of carbonyl (C=O) groups excluding carboxylic acids is 1. The average molecular weight is 350 g/mol. The van der Waals surface area contributed by atoms with E-state index in [1.165, 1.54) is 0 Å². The zero-order valence-corrected chi connectivity index (χ0v) is 14.5. The van der Waals surface area contributed by atoms with Crippen LogP contribution in [0.15, 0.2) is 65.1 Å². The zero-order valence-electron chi connectivity index (χ0n) is 13.7. The van der Waals surface area contributed by atoms with Crippen LogP contribution in [0.4, 0.5) is 5.69 Å². The Hall–Kier alpha value is -2.78. The Balaban J connectivity index is 1.72. The predicted molar refractivity (Wildman–Crippen MR) is 101 cm³/mol. The maximum Gasteiger partial charge on any atom is 0.259 e. The first-order valence-corrected chi connectivity index (χ1v) is 8.54. The molecule has 0 saturated heterocycles. The fourth-order valence-electron chi connectivity index (χ4n) is 3.10. The van der Waals surface area contributed by atoms with Gasteiger partial charge in [-0.3, -0.25) is 4.79 Å². The molecule has 1 aromatic heterocycles. The summed E-state index contributed by atoms with van der Waals surface area (Å²) in [4.78, 5) is 14.5. The van der Waals surface area contributed by atoms with Crippen LogP contribution in [0.1, 0.15) is 18.2 Å². The Kier molecular flexibility index (Phi) is 3.94. The van der Waals surface area contributed by atoms with Crippen molar-refractivity contribution in [3.8, 4) is 11.3 Å². The fourth-order valence-corrected chi connectivity index (χ4v) is 3.23. The number of rotatable bonds is 3. The quantitative estimate of drug-likeness (QED) is 0.584. The lowest BCUT2D eigenvalue weighted by Crippen LogP contribution is -2.25. The summed E-state index contributed by atoms with van der Waals surface area (Å²) >= 11 is 5.93. The first kappa shape index (κ1) is 15.7. The lowest BCUT2D eigenvalue weighted by molar-refractivity contribution is -0.112. The SMILES string of the molecule is CCN1C(=O)/C(=C\c2ccc(-c3ccc(Cl)cc3)o2)c2ccccc21. The number of fused-ring (bicyclic) bond motifs is 1. The number of anilines is 1. The van der Waals surface area contributed by atoms with Gasteiger partial charge in [-0.1, -0.05) is 29.8 Å². The molecule has 3 aromatic rings. The van der Waals surface area contributed by atoms with Gasteiger partial charge in [0.2, 0.25) is 0 Å². The van der Waals surface area contributed by atoms with Crippen molar-refractivity contribution in [1.82, 2.24) is 0 Å². The molecule has 0 radical (unpaired) electrons. The Morgan fingerprint density at radius 3 is 2.56 bits per heavy atom. The average Bonchev–Trinajstić information content (AvgIpc) is 3.19. The first-order chi connectivity index (χ1) is 12.2. The van der Waals surface area contributed by atoms with Gasteiger partial charge in [-0.25, -0.2) is 0 Å². The number of para-hydroxylation sites is 1. The third kappa shape index (κ3) is 2.77. The molecule has 0 N–H and O–H groups in total. The molecule has 124 valence electrons. The summed E-state index contributed by atoms with van der Waals surface area (Å²) < 4.78 is 5.91. The number of hydrogen-bond donors (Lipinski definition) is 0. The number of furan rings is 1. The van der Waals surface area contributed by atoms with Crippen LogP contribution < -0.4 is 4.90 Å². The van der Waals surface area contributed by atoms with Crippen LogP contribution in [0.2, 0.25) is 5.02 Å². The summed E-state index contributed by atoms with van der Waals surface area (Å²) in [6, 6.07) is 19.1. The summed E-state index contributed by atoms with van der Waals surface area (Å²) in [5.41, 5.74) is 3.50. The fraction of sp³-hybridized carbons (Fsp3) is 0.0952. The number of likely N-dealkylation sites (N-methyl/N-ethyl adjacent to an activating group) is 1. The van der Waals surface area contributed by atoms with Gasteiger partial charge in [-0.2, -0.15) is 0 Å². The number of halogens is 1. The van der Waals surface area contributed by atoms with Crippen molar-refractivity contribution in [2.75, 3.05) is 11.4 Å². The largest absolute Gasteiger partial charge is 0.457 e. The van der Waals surface area contributed by atoms with Crippen molar-refractivity contribution in [3.05, 3.63) is 77.0 Å². The monoisotopic (exact) mass is 349 g/mol. The topological polar surface area (TPSA) is 33.5 Å². The van der Waals surface area contributed by atoms with Gasteiger partial charge >= 0.3 is 0 Å². The maximum absolute atomic E-state index is 12.7. The standard InChI is InChI=1S/C21H16ClNO2/c1-2-23-19-6-4-3-5-17(19)18(21(23)24)13-16-11-12-20(25-16)14-7-9-15(22)10-8-14/h3-13H,2H2,1H3/b18-13-. The van der Waals surface area contributed by atoms with Crippen LogP contribution >= 0.6 is 11.6 Å². The highest BCUT2D eigenvalue weighted by atomic mass is 35.5. The number of amides is 1. The van der Waals surface area contributed by atoms with Gasteiger partial charge in [0.1, 0.15) is 11.5 Å². The first-order valence-electron chi connectivity index (χ1n) is 8.16. The van der Waals surface area contributed by atoms with Crippen LogP contribution in [0.5, 0.6) is 0 Å². The van der Waals surface area contributed by atoms with Gasteiger partial charge in [0, 0.05) is 22.7 Å². The van der Waals surface area contributed by atoms with Crippen LogP contribution in [-0.2, 0) is 4.79 Å². The van der Waals surface area contributed by atoms with Crippen LogP contribution in [0.25, 0.3) is 23.0 Å². The molecule has 4 rings (SSSR count). The molecule has 0 fully saturated rings. The molecule has 2 heterocycles. The summed E-state index contributed by atoms with van der Waals surface area (Å²) in [7, 11) is 0. The molecule has 0 bridgehead atoms. The Labute approximate surface area is 151 Å². The van der Waals surface area contributed by atoms with Crippen LogP contribution in [0, 0.1) is 0 Å². The minimum absolute atomic E-state index is 0.00754. The molecule has 0 saturated carbocycles. The van der Waals surface area contributed by atoms with Gasteiger partial charge in [0.15, 0.2) is 0 Å². The third-order valence-electron chi connectivity index (χ3n) is 4.32. The maximum atomic E-state index is 12.7. The molecular formula is C21H16ClNO2. The number of benzene rings is 2. The molecule has 2 aromatic carbocycles. The van der Waals surface area contributed by atoms with Crippen LogP contribution in [0.3, 0.4) is 0 Å².